The fourth-order valence-corrected chi connectivity index (χ4v) is 2.21. The van der Waals surface area contributed by atoms with Gasteiger partial charge < -0.3 is 14.9 Å². The van der Waals surface area contributed by atoms with Crippen molar-refractivity contribution in [3.63, 3.8) is 0 Å². The molecule has 0 radical (unpaired) electrons. The summed E-state index contributed by atoms with van der Waals surface area (Å²) in [6, 6.07) is 9.59. The topological polar surface area (TPSA) is 48.4 Å². The van der Waals surface area contributed by atoms with Crippen molar-refractivity contribution >= 4 is 11.6 Å². The van der Waals surface area contributed by atoms with Crippen LogP contribution in [0.2, 0.25) is 5.02 Å². The molecule has 2 N–H and O–H groups in total. The average molecular weight is 266 g/mol. The third-order valence-corrected chi connectivity index (χ3v) is 3.25. The van der Waals surface area contributed by atoms with Crippen molar-refractivity contribution in [2.75, 3.05) is 13.7 Å². The summed E-state index contributed by atoms with van der Waals surface area (Å²) in [5.74, 6) is 1.80. The van der Waals surface area contributed by atoms with Crippen LogP contribution in [0.1, 0.15) is 17.2 Å². The SMILES string of the molecule is COc1ccc(C(CN)Cc2ccco2)cc1Cl. The number of hydrogen-bond acceptors (Lipinski definition) is 3. The number of methoxy groups -OCH3 is 1. The van der Waals surface area contributed by atoms with Crippen LogP contribution in [0.25, 0.3) is 0 Å². The van der Waals surface area contributed by atoms with Crippen LogP contribution in [0, 0.1) is 0 Å². The second-order valence-corrected chi connectivity index (χ2v) is 4.52. The highest BCUT2D eigenvalue weighted by Crippen LogP contribution is 2.29. The Morgan fingerprint density at radius 3 is 2.78 bits per heavy atom. The first-order valence-corrected chi connectivity index (χ1v) is 6.18. The van der Waals surface area contributed by atoms with Crippen molar-refractivity contribution in [2.45, 2.75) is 12.3 Å². The third-order valence-electron chi connectivity index (χ3n) is 2.96. The molecule has 2 rings (SSSR count). The highest BCUT2D eigenvalue weighted by molar-refractivity contribution is 6.32. The zero-order valence-corrected chi connectivity index (χ0v) is 11.0. The minimum atomic E-state index is 0.194. The lowest BCUT2D eigenvalue weighted by Gasteiger charge is -2.15. The molecule has 96 valence electrons. The Morgan fingerprint density at radius 2 is 2.22 bits per heavy atom. The fourth-order valence-electron chi connectivity index (χ4n) is 1.95. The van der Waals surface area contributed by atoms with Gasteiger partial charge in [0, 0.05) is 12.3 Å². The van der Waals surface area contributed by atoms with Crippen LogP contribution in [-0.2, 0) is 6.42 Å². The molecule has 1 aromatic carbocycles. The highest BCUT2D eigenvalue weighted by Gasteiger charge is 2.14. The molecule has 4 heteroatoms. The summed E-state index contributed by atoms with van der Waals surface area (Å²) < 4.78 is 10.5. The van der Waals surface area contributed by atoms with Crippen LogP contribution in [-0.4, -0.2) is 13.7 Å². The van der Waals surface area contributed by atoms with Crippen LogP contribution in [0.5, 0.6) is 5.75 Å². The minimum absolute atomic E-state index is 0.194. The van der Waals surface area contributed by atoms with Crippen molar-refractivity contribution in [3.05, 3.63) is 52.9 Å². The molecular weight excluding hydrogens is 250 g/mol. The standard InChI is InChI=1S/C14H16ClNO2/c1-17-14-5-4-10(8-13(14)15)11(9-16)7-12-3-2-6-18-12/h2-6,8,11H,7,9,16H2,1H3. The molecule has 0 aliphatic carbocycles. The van der Waals surface area contributed by atoms with Crippen molar-refractivity contribution in [3.8, 4) is 5.75 Å². The van der Waals surface area contributed by atoms with Crippen molar-refractivity contribution in [1.82, 2.24) is 0 Å². The summed E-state index contributed by atoms with van der Waals surface area (Å²) in [6.07, 6.45) is 2.44. The van der Waals surface area contributed by atoms with Gasteiger partial charge in [0.1, 0.15) is 11.5 Å². The predicted molar refractivity (Wildman–Crippen MR) is 72.2 cm³/mol. The summed E-state index contributed by atoms with van der Waals surface area (Å²) in [7, 11) is 1.60. The van der Waals surface area contributed by atoms with E-state index in [-0.39, 0.29) is 5.92 Å². The summed E-state index contributed by atoms with van der Waals surface area (Å²) in [4.78, 5) is 0. The number of hydrogen-bond donors (Lipinski definition) is 1. The molecule has 0 saturated heterocycles. The van der Waals surface area contributed by atoms with E-state index in [1.807, 2.05) is 30.3 Å². The van der Waals surface area contributed by atoms with E-state index in [1.165, 1.54) is 0 Å². The van der Waals surface area contributed by atoms with Gasteiger partial charge in [0.15, 0.2) is 0 Å². The molecule has 2 aromatic rings. The fraction of sp³-hybridized carbons (Fsp3) is 0.286. The second-order valence-electron chi connectivity index (χ2n) is 4.11. The quantitative estimate of drug-likeness (QED) is 0.903. The lowest BCUT2D eigenvalue weighted by Crippen LogP contribution is -2.14. The molecule has 0 bridgehead atoms. The van der Waals surface area contributed by atoms with Gasteiger partial charge in [0.2, 0.25) is 0 Å². The number of nitrogens with two attached hydrogens (primary N) is 1. The monoisotopic (exact) mass is 265 g/mol. The van der Waals surface area contributed by atoms with Crippen molar-refractivity contribution < 1.29 is 9.15 Å². The first-order valence-electron chi connectivity index (χ1n) is 5.80. The Balaban J connectivity index is 2.19. The van der Waals surface area contributed by atoms with Crippen molar-refractivity contribution in [2.24, 2.45) is 5.73 Å². The molecule has 0 amide bonds. The normalized spacial score (nSPS) is 12.4. The van der Waals surface area contributed by atoms with E-state index >= 15 is 0 Å². The average Bonchev–Trinajstić information content (AvgIpc) is 2.88. The Kier molecular flexibility index (Phi) is 4.28. The lowest BCUT2D eigenvalue weighted by molar-refractivity contribution is 0.414. The summed E-state index contributed by atoms with van der Waals surface area (Å²) in [5, 5.41) is 0.605. The molecule has 1 heterocycles. The Hall–Kier alpha value is -1.45. The zero-order chi connectivity index (χ0) is 13.0. The number of benzene rings is 1. The molecule has 3 nitrogen and oxygen atoms in total. The van der Waals surface area contributed by atoms with Crippen LogP contribution < -0.4 is 10.5 Å². The van der Waals surface area contributed by atoms with Crippen molar-refractivity contribution in [1.29, 1.82) is 0 Å². The van der Waals surface area contributed by atoms with Gasteiger partial charge in [-0.3, -0.25) is 0 Å². The zero-order valence-electron chi connectivity index (χ0n) is 10.2. The largest absolute Gasteiger partial charge is 0.495 e. The number of furan rings is 1. The maximum Gasteiger partial charge on any atom is 0.137 e. The second kappa shape index (κ2) is 5.94. The molecule has 0 saturated carbocycles. The van der Waals surface area contributed by atoms with E-state index in [1.54, 1.807) is 13.4 Å². The minimum Gasteiger partial charge on any atom is -0.495 e. The van der Waals surface area contributed by atoms with Crippen LogP contribution in [0.3, 0.4) is 0 Å². The molecule has 0 aliphatic rings. The summed E-state index contributed by atoms with van der Waals surface area (Å²) in [6.45, 7) is 0.545. The molecule has 1 unspecified atom stereocenters. The van der Waals surface area contributed by atoms with Gasteiger partial charge in [0.25, 0.3) is 0 Å². The molecule has 18 heavy (non-hydrogen) atoms. The number of halogens is 1. The first-order chi connectivity index (χ1) is 8.74. The van der Waals surface area contributed by atoms with Gasteiger partial charge >= 0.3 is 0 Å². The van der Waals surface area contributed by atoms with Gasteiger partial charge in [0.05, 0.1) is 18.4 Å². The lowest BCUT2D eigenvalue weighted by atomic mass is 9.94. The Morgan fingerprint density at radius 1 is 1.39 bits per heavy atom. The molecule has 0 aliphatic heterocycles. The van der Waals surface area contributed by atoms with Gasteiger partial charge in [-0.2, -0.15) is 0 Å². The third kappa shape index (κ3) is 2.86. The smallest absolute Gasteiger partial charge is 0.137 e. The van der Waals surface area contributed by atoms with E-state index in [0.29, 0.717) is 17.3 Å². The van der Waals surface area contributed by atoms with E-state index < -0.39 is 0 Å². The van der Waals surface area contributed by atoms with Gasteiger partial charge in [-0.05, 0) is 36.4 Å². The number of rotatable bonds is 5. The van der Waals surface area contributed by atoms with E-state index in [9.17, 15) is 0 Å². The van der Waals surface area contributed by atoms with Gasteiger partial charge in [-0.15, -0.1) is 0 Å². The number of ether oxygens (including phenoxy) is 1. The van der Waals surface area contributed by atoms with Gasteiger partial charge in [-0.1, -0.05) is 17.7 Å². The summed E-state index contributed by atoms with van der Waals surface area (Å²) in [5.41, 5.74) is 6.92. The van der Waals surface area contributed by atoms with Crippen LogP contribution in [0.15, 0.2) is 41.0 Å². The molecule has 1 aromatic heterocycles. The van der Waals surface area contributed by atoms with Crippen LogP contribution in [0.4, 0.5) is 0 Å². The molecular formula is C14H16ClNO2. The van der Waals surface area contributed by atoms with E-state index in [4.69, 9.17) is 26.5 Å². The van der Waals surface area contributed by atoms with E-state index in [0.717, 1.165) is 17.7 Å². The highest BCUT2D eigenvalue weighted by atomic mass is 35.5. The summed E-state index contributed by atoms with van der Waals surface area (Å²) >= 11 is 6.12. The predicted octanol–water partition coefficient (Wildman–Crippen LogP) is 3.23. The molecule has 1 atom stereocenters. The Labute approximate surface area is 111 Å². The van der Waals surface area contributed by atoms with Crippen LogP contribution >= 0.6 is 11.6 Å². The Bertz CT molecular complexity index is 497. The maximum atomic E-state index is 6.12. The van der Waals surface area contributed by atoms with E-state index in [2.05, 4.69) is 0 Å². The maximum absolute atomic E-state index is 6.12. The van der Waals surface area contributed by atoms with Gasteiger partial charge in [-0.25, -0.2) is 0 Å². The molecule has 0 fully saturated rings. The molecule has 0 spiro atoms. The first kappa shape index (κ1) is 13.0.